The van der Waals surface area contributed by atoms with Gasteiger partial charge >= 0.3 is 0 Å². The maximum absolute atomic E-state index is 2.74. The second-order valence-electron chi connectivity index (χ2n) is 8.14. The molecule has 5 unspecified atom stereocenters. The van der Waals surface area contributed by atoms with E-state index in [1.54, 1.807) is 5.56 Å². The maximum Gasteiger partial charge on any atom is 0.0430 e. The summed E-state index contributed by atoms with van der Waals surface area (Å²) >= 11 is 0. The maximum atomic E-state index is 2.74. The van der Waals surface area contributed by atoms with Gasteiger partial charge < -0.3 is 4.90 Å². The second kappa shape index (κ2) is 6.46. The molecule has 2 aromatic carbocycles. The van der Waals surface area contributed by atoms with E-state index in [1.807, 2.05) is 0 Å². The van der Waals surface area contributed by atoms with Gasteiger partial charge in [0.2, 0.25) is 0 Å². The van der Waals surface area contributed by atoms with Gasteiger partial charge in [0, 0.05) is 30.1 Å². The molecule has 0 N–H and O–H groups in total. The number of aryl methyl sites for hydroxylation is 1. The Bertz CT molecular complexity index is 834. The smallest absolute Gasteiger partial charge is 0.0430 e. The minimum atomic E-state index is 0.629. The van der Waals surface area contributed by atoms with Crippen LogP contribution >= 0.6 is 0 Å². The van der Waals surface area contributed by atoms with Gasteiger partial charge in [-0.1, -0.05) is 79.8 Å². The highest BCUT2D eigenvalue weighted by Crippen LogP contribution is 2.57. The molecule has 0 saturated heterocycles. The summed E-state index contributed by atoms with van der Waals surface area (Å²) in [6.45, 7) is 3.62. The van der Waals surface area contributed by atoms with E-state index in [0.717, 1.165) is 13.0 Å². The predicted molar refractivity (Wildman–Crippen MR) is 110 cm³/mol. The van der Waals surface area contributed by atoms with Crippen LogP contribution in [0, 0.1) is 17.8 Å². The van der Waals surface area contributed by atoms with Crippen LogP contribution in [-0.2, 0) is 6.42 Å². The molecule has 5 atom stereocenters. The summed E-state index contributed by atoms with van der Waals surface area (Å²) in [5.41, 5.74) is 4.53. The van der Waals surface area contributed by atoms with Crippen LogP contribution in [0.5, 0.6) is 0 Å². The van der Waals surface area contributed by atoms with Gasteiger partial charge in [0.05, 0.1) is 0 Å². The zero-order chi connectivity index (χ0) is 17.5. The van der Waals surface area contributed by atoms with E-state index in [-0.39, 0.29) is 0 Å². The highest BCUT2D eigenvalue weighted by Gasteiger charge is 2.53. The van der Waals surface area contributed by atoms with Crippen molar-refractivity contribution in [1.29, 1.82) is 0 Å². The van der Waals surface area contributed by atoms with Crippen LogP contribution in [0.25, 0.3) is 0 Å². The first-order valence-corrected chi connectivity index (χ1v) is 10.1. The second-order valence-corrected chi connectivity index (χ2v) is 8.14. The number of hydrogen-bond donors (Lipinski definition) is 0. The van der Waals surface area contributed by atoms with Gasteiger partial charge in [-0.3, -0.25) is 0 Å². The third kappa shape index (κ3) is 2.45. The number of hydrogen-bond acceptors (Lipinski definition) is 1. The van der Waals surface area contributed by atoms with E-state index >= 15 is 0 Å². The van der Waals surface area contributed by atoms with E-state index in [4.69, 9.17) is 0 Å². The van der Waals surface area contributed by atoms with Crippen molar-refractivity contribution in [3.05, 3.63) is 90.0 Å². The Morgan fingerprint density at radius 1 is 0.846 bits per heavy atom. The van der Waals surface area contributed by atoms with Crippen molar-refractivity contribution >= 4 is 5.69 Å². The summed E-state index contributed by atoms with van der Waals surface area (Å²) in [4.78, 5) is 2.74. The molecule has 3 aliphatic rings. The third-order valence-corrected chi connectivity index (χ3v) is 6.83. The van der Waals surface area contributed by atoms with Gasteiger partial charge in [-0.2, -0.15) is 0 Å². The number of nitrogens with zero attached hydrogens (tertiary/aromatic N) is 1. The van der Waals surface area contributed by atoms with E-state index in [9.17, 15) is 0 Å². The largest absolute Gasteiger partial charge is 0.367 e. The molecule has 0 amide bonds. The molecule has 0 aromatic heterocycles. The lowest BCUT2D eigenvalue weighted by Crippen LogP contribution is -2.38. The number of fused-ring (bicyclic) bond motifs is 5. The number of benzene rings is 2. The van der Waals surface area contributed by atoms with Crippen molar-refractivity contribution in [1.82, 2.24) is 0 Å². The molecule has 1 heterocycles. The van der Waals surface area contributed by atoms with Crippen molar-refractivity contribution in [3.63, 3.8) is 0 Å². The van der Waals surface area contributed by atoms with Crippen molar-refractivity contribution in [2.45, 2.75) is 31.7 Å². The molecular formula is C25H27N. The van der Waals surface area contributed by atoms with Crippen LogP contribution in [0.3, 0.4) is 0 Å². The number of allylic oxidation sites excluding steroid dienone is 3. The zero-order valence-corrected chi connectivity index (χ0v) is 15.5. The van der Waals surface area contributed by atoms with Crippen molar-refractivity contribution in [2.75, 3.05) is 11.4 Å². The molecule has 1 fully saturated rings. The summed E-state index contributed by atoms with van der Waals surface area (Å²) in [6.07, 6.45) is 11.8. The van der Waals surface area contributed by atoms with Crippen LogP contribution in [0.4, 0.5) is 5.69 Å². The molecule has 26 heavy (non-hydrogen) atoms. The molecule has 5 rings (SSSR count). The highest BCUT2D eigenvalue weighted by atomic mass is 15.2. The van der Waals surface area contributed by atoms with Crippen molar-refractivity contribution in [3.8, 4) is 0 Å². The zero-order valence-electron chi connectivity index (χ0n) is 15.5. The first-order chi connectivity index (χ1) is 12.8. The monoisotopic (exact) mass is 341 g/mol. The fraction of sp³-hybridized carbons (Fsp3) is 0.360. The van der Waals surface area contributed by atoms with Crippen LogP contribution in [-0.4, -0.2) is 12.6 Å². The van der Waals surface area contributed by atoms with Crippen LogP contribution in [0.15, 0.2) is 78.9 Å². The molecule has 0 radical (unpaired) electrons. The molecular weight excluding hydrogens is 314 g/mol. The average molecular weight is 341 g/mol. The van der Waals surface area contributed by atoms with Crippen LogP contribution in [0.1, 0.15) is 30.4 Å². The summed E-state index contributed by atoms with van der Waals surface area (Å²) in [5, 5.41) is 0. The lowest BCUT2D eigenvalue weighted by molar-refractivity contribution is 0.427. The number of rotatable bonds is 4. The Kier molecular flexibility index (Phi) is 3.96. The van der Waals surface area contributed by atoms with Crippen LogP contribution in [0.2, 0.25) is 0 Å². The average Bonchev–Trinajstić information content (AvgIpc) is 3.17. The van der Waals surface area contributed by atoms with E-state index in [2.05, 4.69) is 90.7 Å². The summed E-state index contributed by atoms with van der Waals surface area (Å²) < 4.78 is 0. The molecule has 0 spiro atoms. The Hall–Kier alpha value is -2.28. The Balaban J connectivity index is 1.42. The van der Waals surface area contributed by atoms with Gasteiger partial charge in [-0.25, -0.2) is 0 Å². The molecule has 1 nitrogen and oxygen atoms in total. The first kappa shape index (κ1) is 15.9. The number of para-hydroxylation sites is 1. The lowest BCUT2D eigenvalue weighted by Gasteiger charge is -2.32. The fourth-order valence-electron chi connectivity index (χ4n) is 5.73. The molecule has 1 aliphatic heterocycles. The molecule has 1 saturated carbocycles. The van der Waals surface area contributed by atoms with Gasteiger partial charge in [-0.05, 0) is 41.9 Å². The quantitative estimate of drug-likeness (QED) is 0.699. The molecule has 2 aromatic rings. The summed E-state index contributed by atoms with van der Waals surface area (Å²) in [6, 6.07) is 20.7. The van der Waals surface area contributed by atoms with Crippen molar-refractivity contribution < 1.29 is 0 Å². The third-order valence-electron chi connectivity index (χ3n) is 6.83. The van der Waals surface area contributed by atoms with Gasteiger partial charge in [0.25, 0.3) is 0 Å². The SMILES string of the molecule is CC1C2C=CC=CC2C2C1c1ccccc1N2CCCc1ccccc1. The van der Waals surface area contributed by atoms with Gasteiger partial charge in [0.1, 0.15) is 0 Å². The van der Waals surface area contributed by atoms with Crippen molar-refractivity contribution in [2.24, 2.45) is 17.8 Å². The fourth-order valence-corrected chi connectivity index (χ4v) is 5.73. The minimum absolute atomic E-state index is 0.629. The topological polar surface area (TPSA) is 3.24 Å². The highest BCUT2D eigenvalue weighted by molar-refractivity contribution is 5.64. The van der Waals surface area contributed by atoms with Gasteiger partial charge in [-0.15, -0.1) is 0 Å². The molecule has 0 bridgehead atoms. The number of anilines is 1. The molecule has 132 valence electrons. The minimum Gasteiger partial charge on any atom is -0.367 e. The summed E-state index contributed by atoms with van der Waals surface area (Å²) in [5.74, 6) is 2.74. The normalized spacial score (nSPS) is 31.0. The molecule has 2 aliphatic carbocycles. The van der Waals surface area contributed by atoms with Crippen LogP contribution < -0.4 is 4.90 Å². The van der Waals surface area contributed by atoms with E-state index < -0.39 is 0 Å². The first-order valence-electron chi connectivity index (χ1n) is 10.1. The standard InChI is InChI=1S/C25H27N/c1-18-20-13-5-6-14-21(20)25-24(18)22-15-7-8-16-23(22)26(25)17-9-12-19-10-3-2-4-11-19/h2-8,10-11,13-16,18,20-21,24-25H,9,12,17H2,1H3. The Labute approximate surface area is 157 Å². The predicted octanol–water partition coefficient (Wildman–Crippen LogP) is 5.60. The Morgan fingerprint density at radius 3 is 2.42 bits per heavy atom. The lowest BCUT2D eigenvalue weighted by atomic mass is 9.84. The van der Waals surface area contributed by atoms with Gasteiger partial charge in [0.15, 0.2) is 0 Å². The van der Waals surface area contributed by atoms with E-state index in [0.29, 0.717) is 29.7 Å². The molecule has 1 heteroatoms. The Morgan fingerprint density at radius 2 is 1.58 bits per heavy atom. The summed E-state index contributed by atoms with van der Waals surface area (Å²) in [7, 11) is 0. The van der Waals surface area contributed by atoms with E-state index in [1.165, 1.54) is 17.7 Å².